The zero-order chi connectivity index (χ0) is 15.0. The number of nitrogens with zero attached hydrogens (tertiary/aromatic N) is 1. The van der Waals surface area contributed by atoms with Gasteiger partial charge in [0.05, 0.1) is 26.7 Å². The van der Waals surface area contributed by atoms with Crippen LogP contribution in [0.4, 0.5) is 4.79 Å². The summed E-state index contributed by atoms with van der Waals surface area (Å²) in [6.45, 7) is 4.77. The van der Waals surface area contributed by atoms with E-state index >= 15 is 0 Å². The molecular weight excluding hydrogens is 262 g/mol. The highest BCUT2D eigenvalue weighted by atomic mass is 16.2. The maximum absolute atomic E-state index is 11.8. The van der Waals surface area contributed by atoms with Crippen molar-refractivity contribution in [1.82, 2.24) is 10.6 Å². The van der Waals surface area contributed by atoms with Crippen LogP contribution in [0.2, 0.25) is 0 Å². The number of quaternary nitrogens is 1. The first-order valence-electron chi connectivity index (χ1n) is 9.06. The Balaban J connectivity index is 1.49. The Morgan fingerprint density at radius 1 is 1.00 bits per heavy atom. The number of likely N-dealkylation sites (tertiary alicyclic amines) is 1. The van der Waals surface area contributed by atoms with Crippen molar-refractivity contribution in [3.63, 3.8) is 0 Å². The molecule has 0 radical (unpaired) electrons. The molecule has 0 unspecified atom stereocenters. The molecule has 2 rings (SSSR count). The number of urea groups is 1. The van der Waals surface area contributed by atoms with Crippen molar-refractivity contribution in [2.75, 3.05) is 33.2 Å². The first-order chi connectivity index (χ1) is 10.2. The third kappa shape index (κ3) is 6.25. The lowest BCUT2D eigenvalue weighted by Crippen LogP contribution is -2.48. The quantitative estimate of drug-likeness (QED) is 0.574. The van der Waals surface area contributed by atoms with E-state index in [0.717, 1.165) is 25.8 Å². The fraction of sp³-hybridized carbons (Fsp3) is 0.941. The molecule has 2 N–H and O–H groups in total. The fourth-order valence-corrected chi connectivity index (χ4v) is 3.80. The molecule has 2 fully saturated rings. The van der Waals surface area contributed by atoms with E-state index in [1.165, 1.54) is 69.1 Å². The Morgan fingerprint density at radius 3 is 2.38 bits per heavy atom. The van der Waals surface area contributed by atoms with Gasteiger partial charge in [-0.05, 0) is 44.9 Å². The third-order valence-electron chi connectivity index (χ3n) is 5.25. The van der Waals surface area contributed by atoms with Gasteiger partial charge < -0.3 is 15.1 Å². The number of hydrogen-bond acceptors (Lipinski definition) is 1. The van der Waals surface area contributed by atoms with E-state index in [1.807, 2.05) is 0 Å². The molecule has 1 saturated carbocycles. The summed E-state index contributed by atoms with van der Waals surface area (Å²) in [6, 6.07) is 0.455. The van der Waals surface area contributed by atoms with Crippen LogP contribution in [0.3, 0.4) is 0 Å². The van der Waals surface area contributed by atoms with Gasteiger partial charge in [0.15, 0.2) is 0 Å². The second kappa shape index (κ2) is 8.62. The van der Waals surface area contributed by atoms with Crippen molar-refractivity contribution in [2.45, 2.75) is 70.3 Å². The number of hydrogen-bond donors (Lipinski definition) is 2. The molecule has 0 aromatic carbocycles. The summed E-state index contributed by atoms with van der Waals surface area (Å²) in [4.78, 5) is 11.8. The van der Waals surface area contributed by atoms with E-state index in [9.17, 15) is 4.79 Å². The van der Waals surface area contributed by atoms with Crippen molar-refractivity contribution in [2.24, 2.45) is 0 Å². The van der Waals surface area contributed by atoms with Gasteiger partial charge in [-0.3, -0.25) is 0 Å². The molecule has 0 atom stereocenters. The Kier molecular flexibility index (Phi) is 6.81. The summed E-state index contributed by atoms with van der Waals surface area (Å²) in [6.07, 6.45) is 12.7. The fourth-order valence-electron chi connectivity index (χ4n) is 3.80. The first kappa shape index (κ1) is 16.6. The van der Waals surface area contributed by atoms with E-state index in [1.54, 1.807) is 0 Å². The second-order valence-corrected chi connectivity index (χ2v) is 7.29. The molecule has 0 bridgehead atoms. The molecule has 0 aromatic heterocycles. The molecule has 2 amide bonds. The topological polar surface area (TPSA) is 41.1 Å². The number of carbonyl (C=O) groups is 1. The minimum atomic E-state index is 0.0419. The monoisotopic (exact) mass is 296 g/mol. The highest BCUT2D eigenvalue weighted by molar-refractivity contribution is 5.74. The summed E-state index contributed by atoms with van der Waals surface area (Å²) < 4.78 is 1.24. The van der Waals surface area contributed by atoms with Gasteiger partial charge in [0.2, 0.25) is 0 Å². The Bertz CT molecular complexity index is 307. The lowest BCUT2D eigenvalue weighted by Gasteiger charge is -2.37. The maximum atomic E-state index is 11.8. The lowest BCUT2D eigenvalue weighted by atomic mass is 9.96. The number of rotatable bonds is 6. The highest BCUT2D eigenvalue weighted by Crippen LogP contribution is 2.18. The second-order valence-electron chi connectivity index (χ2n) is 7.29. The van der Waals surface area contributed by atoms with Gasteiger partial charge in [-0.25, -0.2) is 4.79 Å². The number of piperidine rings is 1. The van der Waals surface area contributed by atoms with Gasteiger partial charge in [-0.15, -0.1) is 0 Å². The van der Waals surface area contributed by atoms with Gasteiger partial charge in [-0.2, -0.15) is 0 Å². The minimum Gasteiger partial charge on any atom is -0.338 e. The SMILES string of the molecule is C[N+]1(CCCCNC(=O)NC2CCCCC2)CCCCC1. The Labute approximate surface area is 130 Å². The molecule has 1 aliphatic carbocycles. The van der Waals surface area contributed by atoms with E-state index in [4.69, 9.17) is 0 Å². The van der Waals surface area contributed by atoms with Crippen molar-refractivity contribution in [3.8, 4) is 0 Å². The summed E-state index contributed by atoms with van der Waals surface area (Å²) in [5.74, 6) is 0. The van der Waals surface area contributed by atoms with E-state index < -0.39 is 0 Å². The van der Waals surface area contributed by atoms with Crippen LogP contribution in [0.25, 0.3) is 0 Å². The average molecular weight is 296 g/mol. The molecule has 122 valence electrons. The van der Waals surface area contributed by atoms with Crippen LogP contribution in [0.15, 0.2) is 0 Å². The van der Waals surface area contributed by atoms with Gasteiger partial charge in [0.25, 0.3) is 0 Å². The van der Waals surface area contributed by atoms with Crippen molar-refractivity contribution in [1.29, 1.82) is 0 Å². The van der Waals surface area contributed by atoms with Crippen LogP contribution in [-0.4, -0.2) is 49.8 Å². The predicted octanol–water partition coefficient (Wildman–Crippen LogP) is 3.03. The highest BCUT2D eigenvalue weighted by Gasteiger charge is 2.23. The zero-order valence-electron chi connectivity index (χ0n) is 13.8. The first-order valence-corrected chi connectivity index (χ1v) is 9.06. The van der Waals surface area contributed by atoms with E-state index in [-0.39, 0.29) is 6.03 Å². The largest absolute Gasteiger partial charge is 0.338 e. The predicted molar refractivity (Wildman–Crippen MR) is 87.3 cm³/mol. The van der Waals surface area contributed by atoms with Gasteiger partial charge in [-0.1, -0.05) is 19.3 Å². The van der Waals surface area contributed by atoms with Crippen LogP contribution in [0.1, 0.15) is 64.2 Å². The molecular formula is C17H34N3O+. The summed E-state index contributed by atoms with van der Waals surface area (Å²) >= 11 is 0. The van der Waals surface area contributed by atoms with E-state index in [2.05, 4.69) is 17.7 Å². The minimum absolute atomic E-state index is 0.0419. The van der Waals surface area contributed by atoms with Crippen molar-refractivity contribution >= 4 is 6.03 Å². The number of unbranched alkanes of at least 4 members (excludes halogenated alkanes) is 1. The molecule has 1 heterocycles. The Hall–Kier alpha value is -0.770. The third-order valence-corrected chi connectivity index (χ3v) is 5.25. The van der Waals surface area contributed by atoms with Crippen LogP contribution in [-0.2, 0) is 0 Å². The average Bonchev–Trinajstić information content (AvgIpc) is 2.48. The molecule has 1 saturated heterocycles. The summed E-state index contributed by atoms with van der Waals surface area (Å²) in [5.41, 5.74) is 0. The van der Waals surface area contributed by atoms with Gasteiger partial charge in [0, 0.05) is 12.6 Å². The summed E-state index contributed by atoms with van der Waals surface area (Å²) in [5, 5.41) is 6.14. The van der Waals surface area contributed by atoms with Crippen LogP contribution >= 0.6 is 0 Å². The Morgan fingerprint density at radius 2 is 1.67 bits per heavy atom. The van der Waals surface area contributed by atoms with Crippen LogP contribution < -0.4 is 10.6 Å². The normalized spacial score (nSPS) is 22.7. The van der Waals surface area contributed by atoms with Gasteiger partial charge >= 0.3 is 6.03 Å². The maximum Gasteiger partial charge on any atom is 0.315 e. The molecule has 0 spiro atoms. The van der Waals surface area contributed by atoms with Crippen molar-refractivity contribution < 1.29 is 9.28 Å². The molecule has 0 aromatic rings. The standard InChI is InChI=1S/C17H33N3O/c1-20(13-7-3-8-14-20)15-9-6-12-18-17(21)19-16-10-4-2-5-11-16/h16H,2-15H2,1H3,(H-,18,19,21)/p+1. The summed E-state index contributed by atoms with van der Waals surface area (Å²) in [7, 11) is 2.39. The number of amides is 2. The van der Waals surface area contributed by atoms with Crippen molar-refractivity contribution in [3.05, 3.63) is 0 Å². The molecule has 1 aliphatic heterocycles. The van der Waals surface area contributed by atoms with Gasteiger partial charge in [0.1, 0.15) is 0 Å². The number of carbonyl (C=O) groups excluding carboxylic acids is 1. The van der Waals surface area contributed by atoms with Crippen LogP contribution in [0.5, 0.6) is 0 Å². The molecule has 2 aliphatic rings. The zero-order valence-corrected chi connectivity index (χ0v) is 13.8. The smallest absolute Gasteiger partial charge is 0.315 e. The van der Waals surface area contributed by atoms with E-state index in [0.29, 0.717) is 6.04 Å². The molecule has 21 heavy (non-hydrogen) atoms. The molecule has 4 nitrogen and oxygen atoms in total. The molecule has 4 heteroatoms. The van der Waals surface area contributed by atoms with Crippen LogP contribution in [0, 0.1) is 0 Å². The number of nitrogens with one attached hydrogen (secondary N) is 2. The lowest BCUT2D eigenvalue weighted by molar-refractivity contribution is -0.914.